The van der Waals surface area contributed by atoms with E-state index < -0.39 is 0 Å². The molecule has 35 heavy (non-hydrogen) atoms. The van der Waals surface area contributed by atoms with E-state index in [1.807, 2.05) is 0 Å². The molecule has 2 aliphatic rings. The van der Waals surface area contributed by atoms with Crippen molar-refractivity contribution in [2.24, 2.45) is 0 Å². The monoisotopic (exact) mass is 504 g/mol. The van der Waals surface area contributed by atoms with E-state index in [0.717, 1.165) is 75.2 Å². The second-order valence-corrected chi connectivity index (χ2v) is 10.2. The van der Waals surface area contributed by atoms with Crippen LogP contribution < -0.4 is 19.3 Å². The van der Waals surface area contributed by atoms with Gasteiger partial charge in [-0.15, -0.1) is 8.75 Å². The quantitative estimate of drug-likeness (QED) is 0.444. The van der Waals surface area contributed by atoms with Crippen molar-refractivity contribution in [1.82, 2.24) is 29.0 Å². The molecule has 190 valence electrons. The van der Waals surface area contributed by atoms with E-state index in [9.17, 15) is 0 Å². The summed E-state index contributed by atoms with van der Waals surface area (Å²) in [4.78, 5) is 13.2. The fourth-order valence-corrected chi connectivity index (χ4v) is 4.57. The molecular weight excluding hydrogens is 472 g/mol. The van der Waals surface area contributed by atoms with Gasteiger partial charge in [-0.3, -0.25) is 0 Å². The lowest BCUT2D eigenvalue weighted by atomic mass is 10.1. The highest BCUT2D eigenvalue weighted by Crippen LogP contribution is 2.31. The van der Waals surface area contributed by atoms with Gasteiger partial charge in [-0.1, -0.05) is 38.0 Å². The SMILES string of the molecule is CC(C)c1noc(N2CCC(Oc3nsnc3OC3CCN(c4nc(C(C)C)no4)CC3)CC2)n1. The highest BCUT2D eigenvalue weighted by Gasteiger charge is 2.29. The van der Waals surface area contributed by atoms with E-state index in [4.69, 9.17) is 18.5 Å². The fraction of sp³-hybridized carbons (Fsp3) is 0.727. The third-order valence-electron chi connectivity index (χ3n) is 6.31. The van der Waals surface area contributed by atoms with Gasteiger partial charge in [0.05, 0.1) is 11.7 Å². The van der Waals surface area contributed by atoms with Crippen LogP contribution in [-0.4, -0.2) is 67.4 Å². The molecule has 0 radical (unpaired) electrons. The lowest BCUT2D eigenvalue weighted by molar-refractivity contribution is 0.128. The molecular formula is C22H32N8O4S. The minimum absolute atomic E-state index is 0.0412. The molecule has 3 aromatic heterocycles. The Morgan fingerprint density at radius 2 is 1.11 bits per heavy atom. The molecule has 0 N–H and O–H groups in total. The molecule has 0 aromatic carbocycles. The number of ether oxygens (including phenoxy) is 2. The van der Waals surface area contributed by atoms with Gasteiger partial charge in [0.25, 0.3) is 11.8 Å². The minimum Gasteiger partial charge on any atom is -0.470 e. The summed E-state index contributed by atoms with van der Waals surface area (Å²) in [5, 5.41) is 8.12. The molecule has 2 aliphatic heterocycles. The Morgan fingerprint density at radius 3 is 1.46 bits per heavy atom. The van der Waals surface area contributed by atoms with Crippen LogP contribution in [0.15, 0.2) is 9.05 Å². The number of hydrogen-bond acceptors (Lipinski definition) is 13. The number of piperidine rings is 2. The summed E-state index contributed by atoms with van der Waals surface area (Å²) in [5.74, 6) is 2.91. The summed E-state index contributed by atoms with van der Waals surface area (Å²) < 4.78 is 31.9. The van der Waals surface area contributed by atoms with E-state index >= 15 is 0 Å². The Kier molecular flexibility index (Phi) is 7.02. The van der Waals surface area contributed by atoms with E-state index in [0.29, 0.717) is 23.8 Å². The molecule has 0 amide bonds. The van der Waals surface area contributed by atoms with Crippen molar-refractivity contribution in [2.75, 3.05) is 36.0 Å². The van der Waals surface area contributed by atoms with Crippen molar-refractivity contribution in [1.29, 1.82) is 0 Å². The summed E-state index contributed by atoms with van der Waals surface area (Å²) in [6, 6.07) is 1.16. The van der Waals surface area contributed by atoms with Crippen LogP contribution >= 0.6 is 11.7 Å². The summed E-state index contributed by atoms with van der Waals surface area (Å²) in [7, 11) is 0. The largest absolute Gasteiger partial charge is 0.470 e. The smallest absolute Gasteiger partial charge is 0.324 e. The molecule has 3 aromatic rings. The van der Waals surface area contributed by atoms with Crippen LogP contribution in [0.2, 0.25) is 0 Å². The lowest BCUT2D eigenvalue weighted by Gasteiger charge is -2.31. The Labute approximate surface area is 208 Å². The van der Waals surface area contributed by atoms with Crippen LogP contribution in [0.3, 0.4) is 0 Å². The number of nitrogens with zero attached hydrogens (tertiary/aromatic N) is 8. The van der Waals surface area contributed by atoms with Gasteiger partial charge in [-0.2, -0.15) is 9.97 Å². The van der Waals surface area contributed by atoms with Gasteiger partial charge >= 0.3 is 12.0 Å². The Bertz CT molecular complexity index is 1000. The molecule has 0 spiro atoms. The Balaban J connectivity index is 1.10. The molecule has 2 saturated heterocycles. The van der Waals surface area contributed by atoms with Crippen LogP contribution in [0.1, 0.15) is 76.9 Å². The molecule has 13 heteroatoms. The molecule has 2 fully saturated rings. The molecule has 5 heterocycles. The highest BCUT2D eigenvalue weighted by atomic mass is 32.1. The fourth-order valence-electron chi connectivity index (χ4n) is 4.14. The van der Waals surface area contributed by atoms with Gasteiger partial charge in [0.2, 0.25) is 0 Å². The van der Waals surface area contributed by atoms with Gasteiger partial charge in [-0.25, -0.2) is 0 Å². The van der Waals surface area contributed by atoms with Gasteiger partial charge in [-0.05, 0) is 0 Å². The predicted molar refractivity (Wildman–Crippen MR) is 128 cm³/mol. The zero-order valence-electron chi connectivity index (χ0n) is 20.6. The van der Waals surface area contributed by atoms with Crippen molar-refractivity contribution >= 4 is 23.8 Å². The van der Waals surface area contributed by atoms with Crippen molar-refractivity contribution < 1.29 is 18.5 Å². The molecule has 5 rings (SSSR count). The van der Waals surface area contributed by atoms with Crippen LogP contribution in [0.25, 0.3) is 0 Å². The van der Waals surface area contributed by atoms with E-state index in [1.165, 1.54) is 0 Å². The maximum absolute atomic E-state index is 6.19. The second kappa shape index (κ2) is 10.3. The first-order valence-corrected chi connectivity index (χ1v) is 13.0. The van der Waals surface area contributed by atoms with Crippen molar-refractivity contribution in [3.05, 3.63) is 11.6 Å². The molecule has 12 nitrogen and oxygen atoms in total. The third-order valence-corrected chi connectivity index (χ3v) is 6.80. The average Bonchev–Trinajstić information content (AvgIpc) is 3.62. The topological polar surface area (TPSA) is 129 Å². The van der Waals surface area contributed by atoms with E-state index in [1.54, 1.807) is 0 Å². The maximum Gasteiger partial charge on any atom is 0.324 e. The number of aromatic nitrogens is 6. The molecule has 0 atom stereocenters. The zero-order chi connectivity index (χ0) is 24.4. The van der Waals surface area contributed by atoms with Crippen molar-refractivity contribution in [2.45, 2.75) is 77.4 Å². The third kappa shape index (κ3) is 5.49. The summed E-state index contributed by atoms with van der Waals surface area (Å²) >= 11 is 1.11. The van der Waals surface area contributed by atoms with Crippen LogP contribution in [0.5, 0.6) is 11.8 Å². The van der Waals surface area contributed by atoms with Gasteiger partial charge < -0.3 is 28.3 Å². The molecule has 0 saturated carbocycles. The summed E-state index contributed by atoms with van der Waals surface area (Å²) in [5.41, 5.74) is 0. The number of anilines is 2. The van der Waals surface area contributed by atoms with Crippen molar-refractivity contribution in [3.63, 3.8) is 0 Å². The minimum atomic E-state index is 0.0412. The average molecular weight is 505 g/mol. The first kappa shape index (κ1) is 23.8. The summed E-state index contributed by atoms with van der Waals surface area (Å²) in [6.45, 7) is 11.3. The normalized spacial score (nSPS) is 18.1. The Hall–Kier alpha value is -2.96. The van der Waals surface area contributed by atoms with Gasteiger partial charge in [0.1, 0.15) is 12.2 Å². The standard InChI is InChI=1S/C22H32N8O4S/c1-13(2)17-23-21(33-25-17)29-9-5-15(6-10-29)31-19-20(28-35-27-19)32-16-7-11-30(12-8-16)22-24-18(14(3)4)26-34-22/h13-16H,5-12H2,1-4H3. The number of hydrogen-bond donors (Lipinski definition) is 0. The lowest BCUT2D eigenvalue weighted by Crippen LogP contribution is -2.39. The zero-order valence-corrected chi connectivity index (χ0v) is 21.4. The Morgan fingerprint density at radius 1 is 0.714 bits per heavy atom. The second-order valence-electron chi connectivity index (χ2n) is 9.66. The van der Waals surface area contributed by atoms with E-state index in [-0.39, 0.29) is 24.0 Å². The molecule has 0 unspecified atom stereocenters. The first-order valence-electron chi connectivity index (χ1n) is 12.3. The van der Waals surface area contributed by atoms with E-state index in [2.05, 4.69) is 66.5 Å². The molecule has 0 aliphatic carbocycles. The van der Waals surface area contributed by atoms with Crippen LogP contribution in [-0.2, 0) is 0 Å². The number of rotatable bonds is 8. The maximum atomic E-state index is 6.19. The summed E-state index contributed by atoms with van der Waals surface area (Å²) in [6.07, 6.45) is 3.41. The van der Waals surface area contributed by atoms with Gasteiger partial charge in [0, 0.05) is 63.7 Å². The van der Waals surface area contributed by atoms with Crippen LogP contribution in [0.4, 0.5) is 12.0 Å². The van der Waals surface area contributed by atoms with Crippen molar-refractivity contribution in [3.8, 4) is 11.8 Å². The first-order chi connectivity index (χ1) is 17.0. The van der Waals surface area contributed by atoms with Crippen LogP contribution in [0, 0.1) is 0 Å². The van der Waals surface area contributed by atoms with Gasteiger partial charge in [0.15, 0.2) is 11.6 Å². The molecule has 0 bridgehead atoms. The predicted octanol–water partition coefficient (Wildman–Crippen LogP) is 3.65. The highest BCUT2D eigenvalue weighted by molar-refractivity contribution is 6.99.